The first-order valence-electron chi connectivity index (χ1n) is 19.9. The van der Waals surface area contributed by atoms with Crippen LogP contribution in [0.1, 0.15) is 50.8 Å². The van der Waals surface area contributed by atoms with E-state index in [-0.39, 0.29) is 5.41 Å². The van der Waals surface area contributed by atoms with E-state index in [0.717, 1.165) is 6.42 Å². The van der Waals surface area contributed by atoms with E-state index < -0.39 is 0 Å². The lowest BCUT2D eigenvalue weighted by molar-refractivity contribution is 0.406. The molecular weight excluding hydrogens is 665 g/mol. The van der Waals surface area contributed by atoms with Gasteiger partial charge in [-0.15, -0.1) is 0 Å². The van der Waals surface area contributed by atoms with Crippen molar-refractivity contribution >= 4 is 44.3 Å². The average Bonchev–Trinajstić information content (AvgIpc) is 3.67. The molecule has 0 bridgehead atoms. The third kappa shape index (κ3) is 5.46. The smallest absolute Gasteiger partial charge is 0.0541 e. The lowest BCUT2D eigenvalue weighted by atomic mass is 9.74. The molecule has 0 spiro atoms. The molecule has 2 nitrogen and oxygen atoms in total. The van der Waals surface area contributed by atoms with Gasteiger partial charge in [0.2, 0.25) is 0 Å². The Hall–Kier alpha value is -6.12. The highest BCUT2D eigenvalue weighted by atomic mass is 15.1. The van der Waals surface area contributed by atoms with Gasteiger partial charge < -0.3 is 9.47 Å². The maximum Gasteiger partial charge on any atom is 0.0541 e. The van der Waals surface area contributed by atoms with Gasteiger partial charge in [0.15, 0.2) is 0 Å². The Morgan fingerprint density at radius 1 is 0.582 bits per heavy atom. The average molecular weight is 711 g/mol. The predicted molar refractivity (Wildman–Crippen MR) is 234 cm³/mol. The van der Waals surface area contributed by atoms with E-state index >= 15 is 0 Å². The minimum Gasteiger partial charge on any atom is -0.314 e. The zero-order valence-electron chi connectivity index (χ0n) is 32.1. The van der Waals surface area contributed by atoms with E-state index in [1.54, 1.807) is 0 Å². The van der Waals surface area contributed by atoms with Crippen molar-refractivity contribution in [1.29, 1.82) is 0 Å². The topological polar surface area (TPSA) is 8.17 Å². The number of fused-ring (bicyclic) bond motifs is 6. The summed E-state index contributed by atoms with van der Waals surface area (Å²) >= 11 is 0. The van der Waals surface area contributed by atoms with Crippen molar-refractivity contribution in [1.82, 2.24) is 4.57 Å². The van der Waals surface area contributed by atoms with Crippen molar-refractivity contribution in [2.75, 3.05) is 4.90 Å². The van der Waals surface area contributed by atoms with Gasteiger partial charge in [-0.2, -0.15) is 0 Å². The van der Waals surface area contributed by atoms with E-state index in [9.17, 15) is 0 Å². The van der Waals surface area contributed by atoms with Gasteiger partial charge in [0.1, 0.15) is 0 Å². The van der Waals surface area contributed by atoms with E-state index in [0.29, 0.717) is 17.8 Å². The first-order chi connectivity index (χ1) is 26.9. The monoisotopic (exact) mass is 710 g/mol. The summed E-state index contributed by atoms with van der Waals surface area (Å²) in [7, 11) is 0. The number of hydrogen-bond donors (Lipinski definition) is 0. The van der Waals surface area contributed by atoms with Gasteiger partial charge in [-0.25, -0.2) is 0 Å². The SMILES string of the molecule is CC1C=CC=C(c2cccc(N(C3=CC=C4c5ccccc5C(C)(C)C4C3)c3ccc(-c4ccc5c(c4)c4ccccc4n5-c4ccccc4)cc3)c2)C1C. The van der Waals surface area contributed by atoms with E-state index in [2.05, 4.69) is 213 Å². The normalized spacial score (nSPS) is 19.8. The second-order valence-corrected chi connectivity index (χ2v) is 16.3. The third-order valence-corrected chi connectivity index (χ3v) is 12.9. The van der Waals surface area contributed by atoms with Crippen LogP contribution in [-0.4, -0.2) is 4.57 Å². The maximum atomic E-state index is 2.52. The van der Waals surface area contributed by atoms with Gasteiger partial charge in [0, 0.05) is 33.5 Å². The van der Waals surface area contributed by atoms with Gasteiger partial charge in [-0.05, 0) is 129 Å². The molecule has 0 aliphatic heterocycles. The Labute approximate surface area is 325 Å². The van der Waals surface area contributed by atoms with Crippen LogP contribution in [0.2, 0.25) is 0 Å². The summed E-state index contributed by atoms with van der Waals surface area (Å²) in [6.07, 6.45) is 12.6. The van der Waals surface area contributed by atoms with Crippen molar-refractivity contribution < 1.29 is 0 Å². The zero-order valence-corrected chi connectivity index (χ0v) is 32.1. The van der Waals surface area contributed by atoms with Crippen LogP contribution in [0.25, 0.3) is 49.8 Å². The fraction of sp³-hybridized carbons (Fsp3) is 0.170. The van der Waals surface area contributed by atoms with E-state index in [1.807, 2.05) is 0 Å². The molecule has 268 valence electrons. The quantitative estimate of drug-likeness (QED) is 0.167. The maximum absolute atomic E-state index is 2.52. The van der Waals surface area contributed by atoms with Crippen LogP contribution in [0.3, 0.4) is 0 Å². The van der Waals surface area contributed by atoms with Crippen molar-refractivity contribution in [3.63, 3.8) is 0 Å². The fourth-order valence-electron chi connectivity index (χ4n) is 9.67. The molecule has 0 amide bonds. The number of hydrogen-bond acceptors (Lipinski definition) is 1. The first-order valence-corrected chi connectivity index (χ1v) is 19.9. The predicted octanol–water partition coefficient (Wildman–Crippen LogP) is 14.1. The second kappa shape index (κ2) is 13.0. The third-order valence-electron chi connectivity index (χ3n) is 12.9. The molecule has 0 fully saturated rings. The first kappa shape index (κ1) is 33.4. The number of para-hydroxylation sites is 2. The summed E-state index contributed by atoms with van der Waals surface area (Å²) in [5.41, 5.74) is 16.9. The van der Waals surface area contributed by atoms with Crippen LogP contribution in [0, 0.1) is 17.8 Å². The Balaban J connectivity index is 1.07. The molecule has 0 N–H and O–H groups in total. The summed E-state index contributed by atoms with van der Waals surface area (Å²) in [4.78, 5) is 2.52. The van der Waals surface area contributed by atoms with E-state index in [1.165, 1.54) is 83.5 Å². The number of anilines is 2. The lowest BCUT2D eigenvalue weighted by Gasteiger charge is -2.36. The Bertz CT molecular complexity index is 2730. The summed E-state index contributed by atoms with van der Waals surface area (Å²) in [5.74, 6) is 1.38. The Kier molecular flexibility index (Phi) is 7.92. The number of aromatic nitrogens is 1. The molecule has 7 aromatic rings. The Morgan fingerprint density at radius 2 is 1.33 bits per heavy atom. The largest absolute Gasteiger partial charge is 0.314 e. The molecular formula is C53H46N2. The molecule has 0 saturated carbocycles. The van der Waals surface area contributed by atoms with Gasteiger partial charge in [0.25, 0.3) is 0 Å². The minimum atomic E-state index is 0.0480. The molecule has 10 rings (SSSR count). The number of nitrogens with zero attached hydrogens (tertiary/aromatic N) is 2. The standard InChI is InChI=1S/C53H46N2/c1-35-14-12-21-44(36(35)2)39-15-13-18-42(32-39)54(43-29-30-46-45-19-8-10-22-49(45)53(3,4)50(46)34-43)41-27-24-37(25-28-41)38-26-31-52-48(33-38)47-20-9-11-23-51(47)55(52)40-16-6-5-7-17-40/h5-33,35-36,50H,34H2,1-4H3. The van der Waals surface area contributed by atoms with Gasteiger partial charge >= 0.3 is 0 Å². The summed E-state index contributed by atoms with van der Waals surface area (Å²) in [6, 6.07) is 53.9. The molecule has 0 radical (unpaired) electrons. The van der Waals surface area contributed by atoms with Crippen molar-refractivity contribution in [3.05, 3.63) is 198 Å². The van der Waals surface area contributed by atoms with Crippen molar-refractivity contribution in [3.8, 4) is 16.8 Å². The van der Waals surface area contributed by atoms with Gasteiger partial charge in [-0.3, -0.25) is 0 Å². The molecule has 6 aromatic carbocycles. The fourth-order valence-corrected chi connectivity index (χ4v) is 9.67. The van der Waals surface area contributed by atoms with Crippen LogP contribution in [0.5, 0.6) is 0 Å². The van der Waals surface area contributed by atoms with Crippen molar-refractivity contribution in [2.24, 2.45) is 17.8 Å². The lowest BCUT2D eigenvalue weighted by Crippen LogP contribution is -2.28. The van der Waals surface area contributed by atoms with Crippen LogP contribution in [-0.2, 0) is 5.41 Å². The highest BCUT2D eigenvalue weighted by molar-refractivity contribution is 6.10. The molecule has 3 atom stereocenters. The molecule has 2 heteroatoms. The number of benzene rings is 6. The molecule has 0 saturated heterocycles. The van der Waals surface area contributed by atoms with Crippen LogP contribution >= 0.6 is 0 Å². The number of allylic oxidation sites excluding steroid dienone is 8. The zero-order chi connectivity index (χ0) is 37.3. The summed E-state index contributed by atoms with van der Waals surface area (Å²) in [6.45, 7) is 9.54. The van der Waals surface area contributed by atoms with Crippen LogP contribution in [0.15, 0.2) is 182 Å². The minimum absolute atomic E-state index is 0.0480. The molecule has 55 heavy (non-hydrogen) atoms. The second-order valence-electron chi connectivity index (χ2n) is 16.3. The molecule has 3 unspecified atom stereocenters. The Morgan fingerprint density at radius 3 is 2.18 bits per heavy atom. The van der Waals surface area contributed by atoms with Crippen LogP contribution < -0.4 is 4.90 Å². The summed E-state index contributed by atoms with van der Waals surface area (Å²) in [5, 5.41) is 2.54. The van der Waals surface area contributed by atoms with Crippen molar-refractivity contribution in [2.45, 2.75) is 39.5 Å². The molecule has 3 aliphatic rings. The molecule has 3 aliphatic carbocycles. The van der Waals surface area contributed by atoms with Gasteiger partial charge in [-0.1, -0.05) is 143 Å². The van der Waals surface area contributed by atoms with Crippen LogP contribution in [0.4, 0.5) is 11.4 Å². The summed E-state index contributed by atoms with van der Waals surface area (Å²) < 4.78 is 2.38. The number of rotatable bonds is 6. The van der Waals surface area contributed by atoms with Gasteiger partial charge in [0.05, 0.1) is 11.0 Å². The van der Waals surface area contributed by atoms with E-state index in [4.69, 9.17) is 0 Å². The molecule has 1 heterocycles. The highest BCUT2D eigenvalue weighted by Gasteiger charge is 2.44. The highest BCUT2D eigenvalue weighted by Crippen LogP contribution is 2.55. The molecule has 1 aromatic heterocycles.